The van der Waals surface area contributed by atoms with Crippen molar-refractivity contribution in [3.05, 3.63) is 33.8 Å². The van der Waals surface area contributed by atoms with E-state index in [4.69, 9.17) is 5.11 Å². The second-order valence-corrected chi connectivity index (χ2v) is 5.37. The van der Waals surface area contributed by atoms with Crippen LogP contribution in [0.4, 0.5) is 13.2 Å². The Labute approximate surface area is 123 Å². The first kappa shape index (κ1) is 17.0. The van der Waals surface area contributed by atoms with Crippen molar-refractivity contribution in [1.82, 2.24) is 4.90 Å². The van der Waals surface area contributed by atoms with E-state index in [-0.39, 0.29) is 13.1 Å². The van der Waals surface area contributed by atoms with E-state index in [1.165, 1.54) is 0 Å². The van der Waals surface area contributed by atoms with Gasteiger partial charge in [0.05, 0.1) is 12.1 Å². The summed E-state index contributed by atoms with van der Waals surface area (Å²) in [5.74, 6) is -0.996. The Morgan fingerprint density at radius 1 is 1.35 bits per heavy atom. The standard InChI is InChI=1S/C13H15BrF3NO2/c1-2-3-18(8-12(19)20)7-9-4-10(13(15,16)17)6-11(14)5-9/h4-6H,2-3,7-8H2,1H3,(H,19,20). The number of alkyl halides is 3. The zero-order valence-electron chi connectivity index (χ0n) is 10.9. The Morgan fingerprint density at radius 2 is 2.00 bits per heavy atom. The normalized spacial score (nSPS) is 11.9. The van der Waals surface area contributed by atoms with Crippen molar-refractivity contribution in [2.75, 3.05) is 13.1 Å². The maximum absolute atomic E-state index is 12.7. The van der Waals surface area contributed by atoms with Crippen LogP contribution in [0.3, 0.4) is 0 Å². The minimum atomic E-state index is -4.42. The topological polar surface area (TPSA) is 40.5 Å². The van der Waals surface area contributed by atoms with Gasteiger partial charge in [-0.1, -0.05) is 22.9 Å². The molecule has 112 valence electrons. The molecular formula is C13H15BrF3NO2. The van der Waals surface area contributed by atoms with Gasteiger partial charge in [0.25, 0.3) is 0 Å². The van der Waals surface area contributed by atoms with Gasteiger partial charge in [0.2, 0.25) is 0 Å². The van der Waals surface area contributed by atoms with Gasteiger partial charge in [-0.05, 0) is 36.7 Å². The largest absolute Gasteiger partial charge is 0.480 e. The summed E-state index contributed by atoms with van der Waals surface area (Å²) in [6.45, 7) is 2.38. The average Bonchev–Trinajstić information content (AvgIpc) is 2.26. The lowest BCUT2D eigenvalue weighted by atomic mass is 10.1. The Balaban J connectivity index is 2.94. The van der Waals surface area contributed by atoms with Gasteiger partial charge in [-0.2, -0.15) is 13.2 Å². The Morgan fingerprint density at radius 3 is 2.50 bits per heavy atom. The lowest BCUT2D eigenvalue weighted by Crippen LogP contribution is -2.30. The number of carboxylic acid groups (broad SMARTS) is 1. The molecule has 0 unspecified atom stereocenters. The van der Waals surface area contributed by atoms with E-state index in [1.54, 1.807) is 11.0 Å². The number of hydrogen-bond donors (Lipinski definition) is 1. The smallest absolute Gasteiger partial charge is 0.416 e. The van der Waals surface area contributed by atoms with Crippen molar-refractivity contribution in [2.45, 2.75) is 26.1 Å². The summed E-state index contributed by atoms with van der Waals surface area (Å²) in [5, 5.41) is 8.80. The third-order valence-electron chi connectivity index (χ3n) is 2.59. The summed E-state index contributed by atoms with van der Waals surface area (Å²) in [6.07, 6.45) is -3.69. The number of rotatable bonds is 6. The second-order valence-electron chi connectivity index (χ2n) is 4.45. The van der Waals surface area contributed by atoms with Gasteiger partial charge in [0.1, 0.15) is 0 Å². The molecule has 0 amide bonds. The predicted octanol–water partition coefficient (Wildman–Crippen LogP) is 3.76. The van der Waals surface area contributed by atoms with Crippen LogP contribution < -0.4 is 0 Å². The van der Waals surface area contributed by atoms with Gasteiger partial charge in [0, 0.05) is 11.0 Å². The molecule has 0 radical (unpaired) electrons. The summed E-state index contributed by atoms with van der Waals surface area (Å²) in [4.78, 5) is 12.3. The fourth-order valence-electron chi connectivity index (χ4n) is 1.89. The molecule has 0 heterocycles. The van der Waals surface area contributed by atoms with Crippen LogP contribution in [0.25, 0.3) is 0 Å². The molecule has 0 aromatic heterocycles. The zero-order chi connectivity index (χ0) is 15.3. The molecule has 1 rings (SSSR count). The summed E-state index contributed by atoms with van der Waals surface area (Å²) in [5.41, 5.74) is -0.310. The maximum Gasteiger partial charge on any atom is 0.416 e. The lowest BCUT2D eigenvalue weighted by molar-refractivity contribution is -0.139. The molecule has 0 saturated heterocycles. The van der Waals surface area contributed by atoms with Crippen LogP contribution in [0.1, 0.15) is 24.5 Å². The SMILES string of the molecule is CCCN(CC(=O)O)Cc1cc(Br)cc(C(F)(F)F)c1. The van der Waals surface area contributed by atoms with E-state index < -0.39 is 17.7 Å². The molecule has 0 atom stereocenters. The Bertz CT molecular complexity index is 477. The first-order chi connectivity index (χ1) is 9.22. The summed E-state index contributed by atoms with van der Waals surface area (Å²) in [7, 11) is 0. The molecule has 7 heteroatoms. The monoisotopic (exact) mass is 353 g/mol. The first-order valence-electron chi connectivity index (χ1n) is 6.03. The van der Waals surface area contributed by atoms with Gasteiger partial charge < -0.3 is 5.11 Å². The van der Waals surface area contributed by atoms with E-state index in [1.807, 2.05) is 6.92 Å². The summed E-state index contributed by atoms with van der Waals surface area (Å²) >= 11 is 3.05. The van der Waals surface area contributed by atoms with Crippen LogP contribution in [-0.4, -0.2) is 29.1 Å². The fraction of sp³-hybridized carbons (Fsp3) is 0.462. The van der Waals surface area contributed by atoms with Crippen LogP contribution in [0.15, 0.2) is 22.7 Å². The molecule has 0 fully saturated rings. The highest BCUT2D eigenvalue weighted by Gasteiger charge is 2.31. The molecule has 0 bridgehead atoms. The number of carbonyl (C=O) groups is 1. The van der Waals surface area contributed by atoms with Gasteiger partial charge in [-0.25, -0.2) is 0 Å². The number of benzene rings is 1. The Hall–Kier alpha value is -1.08. The van der Waals surface area contributed by atoms with Crippen molar-refractivity contribution < 1.29 is 23.1 Å². The van der Waals surface area contributed by atoms with Crippen molar-refractivity contribution >= 4 is 21.9 Å². The molecule has 3 nitrogen and oxygen atoms in total. The predicted molar refractivity (Wildman–Crippen MR) is 72.3 cm³/mol. The van der Waals surface area contributed by atoms with Crippen LogP contribution in [-0.2, 0) is 17.5 Å². The molecular weight excluding hydrogens is 339 g/mol. The quantitative estimate of drug-likeness (QED) is 0.846. The van der Waals surface area contributed by atoms with Crippen molar-refractivity contribution in [3.8, 4) is 0 Å². The molecule has 1 aromatic rings. The summed E-state index contributed by atoms with van der Waals surface area (Å²) in [6, 6.07) is 3.62. The van der Waals surface area contributed by atoms with Gasteiger partial charge >= 0.3 is 12.1 Å². The first-order valence-corrected chi connectivity index (χ1v) is 6.82. The molecule has 1 N–H and O–H groups in total. The number of carboxylic acids is 1. The zero-order valence-corrected chi connectivity index (χ0v) is 12.5. The minimum absolute atomic E-state index is 0.169. The van der Waals surface area contributed by atoms with E-state index in [0.717, 1.165) is 18.6 Å². The molecule has 0 spiro atoms. The fourth-order valence-corrected chi connectivity index (χ4v) is 2.43. The molecule has 20 heavy (non-hydrogen) atoms. The van der Waals surface area contributed by atoms with Gasteiger partial charge in [0.15, 0.2) is 0 Å². The molecule has 0 aliphatic carbocycles. The molecule has 0 aliphatic rings. The van der Waals surface area contributed by atoms with Crippen LogP contribution in [0.2, 0.25) is 0 Å². The van der Waals surface area contributed by atoms with Gasteiger partial charge in [-0.3, -0.25) is 9.69 Å². The highest BCUT2D eigenvalue weighted by Crippen LogP contribution is 2.32. The van der Waals surface area contributed by atoms with Crippen LogP contribution >= 0.6 is 15.9 Å². The van der Waals surface area contributed by atoms with E-state index in [2.05, 4.69) is 15.9 Å². The minimum Gasteiger partial charge on any atom is -0.480 e. The molecule has 1 aromatic carbocycles. The van der Waals surface area contributed by atoms with Crippen LogP contribution in [0, 0.1) is 0 Å². The lowest BCUT2D eigenvalue weighted by Gasteiger charge is -2.20. The highest BCUT2D eigenvalue weighted by molar-refractivity contribution is 9.10. The number of halogens is 4. The van der Waals surface area contributed by atoms with Crippen molar-refractivity contribution in [3.63, 3.8) is 0 Å². The van der Waals surface area contributed by atoms with E-state index in [0.29, 0.717) is 16.6 Å². The van der Waals surface area contributed by atoms with E-state index >= 15 is 0 Å². The molecule has 0 saturated carbocycles. The Kier molecular flexibility index (Phi) is 6.01. The van der Waals surface area contributed by atoms with Crippen LogP contribution in [0.5, 0.6) is 0 Å². The number of hydrogen-bond acceptors (Lipinski definition) is 2. The van der Waals surface area contributed by atoms with Crippen molar-refractivity contribution in [2.24, 2.45) is 0 Å². The maximum atomic E-state index is 12.7. The van der Waals surface area contributed by atoms with E-state index in [9.17, 15) is 18.0 Å². The number of nitrogens with zero attached hydrogens (tertiary/aromatic N) is 1. The second kappa shape index (κ2) is 7.08. The van der Waals surface area contributed by atoms with Gasteiger partial charge in [-0.15, -0.1) is 0 Å². The van der Waals surface area contributed by atoms with Crippen molar-refractivity contribution in [1.29, 1.82) is 0 Å². The third-order valence-corrected chi connectivity index (χ3v) is 3.05. The third kappa shape index (κ3) is 5.50. The average molecular weight is 354 g/mol. The molecule has 0 aliphatic heterocycles. The number of aliphatic carboxylic acids is 1. The highest BCUT2D eigenvalue weighted by atomic mass is 79.9. The summed E-state index contributed by atoms with van der Waals surface area (Å²) < 4.78 is 38.5.